The maximum atomic E-state index is 13.2. The minimum Gasteiger partial charge on any atom is -0.465 e. The maximum absolute atomic E-state index is 13.2. The first kappa shape index (κ1) is 24.1. The topological polar surface area (TPSA) is 81.7 Å². The highest BCUT2D eigenvalue weighted by molar-refractivity contribution is 5.90. The van der Waals surface area contributed by atoms with E-state index in [0.29, 0.717) is 17.7 Å². The molecule has 1 aliphatic heterocycles. The van der Waals surface area contributed by atoms with Crippen LogP contribution in [0.5, 0.6) is 0 Å². The van der Waals surface area contributed by atoms with Gasteiger partial charge in [0.2, 0.25) is 0 Å². The fraction of sp³-hybridized carbons (Fsp3) is 0.300. The third-order valence-electron chi connectivity index (χ3n) is 5.05. The van der Waals surface area contributed by atoms with E-state index < -0.39 is 59.1 Å². The first-order valence-corrected chi connectivity index (χ1v) is 9.34. The molecule has 2 unspecified atom stereocenters. The molecule has 178 valence electrons. The monoisotopic (exact) mass is 479 g/mol. The zero-order valence-corrected chi connectivity index (χ0v) is 16.5. The van der Waals surface area contributed by atoms with Gasteiger partial charge in [0.25, 0.3) is 0 Å². The van der Waals surface area contributed by atoms with E-state index in [2.05, 4.69) is 5.32 Å². The van der Waals surface area contributed by atoms with Crippen LogP contribution in [0, 0.1) is 5.82 Å². The number of carboxylic acid groups (broad SMARTS) is 1. The molecule has 2 atom stereocenters. The molecule has 3 N–H and O–H groups in total. The first-order chi connectivity index (χ1) is 15.2. The number of carbonyl (C=O) groups excluding carboxylic acids is 1. The van der Waals surface area contributed by atoms with Gasteiger partial charge in [0.15, 0.2) is 0 Å². The Morgan fingerprint density at radius 1 is 0.909 bits per heavy atom. The molecule has 0 aromatic heterocycles. The van der Waals surface area contributed by atoms with Crippen molar-refractivity contribution in [3.63, 3.8) is 0 Å². The number of benzene rings is 2. The minimum absolute atomic E-state index is 0.0618. The molecule has 13 heteroatoms. The number of urea groups is 1. The van der Waals surface area contributed by atoms with Gasteiger partial charge < -0.3 is 20.6 Å². The number of amides is 3. The summed E-state index contributed by atoms with van der Waals surface area (Å²) < 4.78 is 91.2. The van der Waals surface area contributed by atoms with E-state index >= 15 is 0 Å². The number of nitrogens with one attached hydrogen (secondary N) is 2. The highest BCUT2D eigenvalue weighted by Crippen LogP contribution is 2.37. The smallest absolute Gasteiger partial charge is 0.416 e. The van der Waals surface area contributed by atoms with E-state index in [9.17, 15) is 45.4 Å². The van der Waals surface area contributed by atoms with E-state index in [0.717, 1.165) is 17.0 Å². The molecule has 0 saturated carbocycles. The van der Waals surface area contributed by atoms with Gasteiger partial charge in [0.05, 0.1) is 17.2 Å². The Morgan fingerprint density at radius 2 is 1.45 bits per heavy atom. The fourth-order valence-electron chi connectivity index (χ4n) is 3.52. The number of carbonyl (C=O) groups is 2. The van der Waals surface area contributed by atoms with Crippen molar-refractivity contribution in [2.75, 3.05) is 18.4 Å². The molecule has 3 amide bonds. The molecule has 0 spiro atoms. The third kappa shape index (κ3) is 5.84. The Bertz CT molecular complexity index is 1010. The number of rotatable bonds is 3. The van der Waals surface area contributed by atoms with Gasteiger partial charge in [-0.15, -0.1) is 0 Å². The van der Waals surface area contributed by atoms with Crippen molar-refractivity contribution in [2.45, 2.75) is 24.3 Å². The highest BCUT2D eigenvalue weighted by Gasteiger charge is 2.39. The molecule has 1 aliphatic rings. The van der Waals surface area contributed by atoms with E-state index in [1.165, 1.54) is 12.1 Å². The summed E-state index contributed by atoms with van der Waals surface area (Å²) in [6.45, 7) is -0.255. The SMILES string of the molecule is O=C(Nc1cc(C(F)(F)F)cc(C(F)(F)F)c1)NC1CN(C(=O)O)CC1c1ccc(F)cc1. The summed E-state index contributed by atoms with van der Waals surface area (Å²) in [6.07, 6.45) is -11.5. The highest BCUT2D eigenvalue weighted by atomic mass is 19.4. The number of nitrogens with zero attached hydrogens (tertiary/aromatic N) is 1. The fourth-order valence-corrected chi connectivity index (χ4v) is 3.52. The number of anilines is 1. The van der Waals surface area contributed by atoms with Crippen LogP contribution in [0.1, 0.15) is 22.6 Å². The number of alkyl halides is 6. The van der Waals surface area contributed by atoms with E-state index in [4.69, 9.17) is 0 Å². The molecule has 2 aromatic rings. The Labute approximate surface area is 182 Å². The Kier molecular flexibility index (Phi) is 6.43. The minimum atomic E-state index is -5.09. The lowest BCUT2D eigenvalue weighted by molar-refractivity contribution is -0.143. The number of hydrogen-bond donors (Lipinski definition) is 3. The quantitative estimate of drug-likeness (QED) is 0.534. The second-order valence-corrected chi connectivity index (χ2v) is 7.35. The molecule has 1 fully saturated rings. The molecule has 2 aromatic carbocycles. The lowest BCUT2D eigenvalue weighted by Crippen LogP contribution is -2.42. The summed E-state index contributed by atoms with van der Waals surface area (Å²) >= 11 is 0. The van der Waals surface area contributed by atoms with Gasteiger partial charge in [-0.05, 0) is 35.9 Å². The van der Waals surface area contributed by atoms with E-state index in [-0.39, 0.29) is 19.2 Å². The molecule has 1 heterocycles. The van der Waals surface area contributed by atoms with Gasteiger partial charge in [-0.2, -0.15) is 26.3 Å². The largest absolute Gasteiger partial charge is 0.465 e. The van der Waals surface area contributed by atoms with Crippen LogP contribution in [0.15, 0.2) is 42.5 Å². The van der Waals surface area contributed by atoms with Crippen molar-refractivity contribution in [1.82, 2.24) is 10.2 Å². The maximum Gasteiger partial charge on any atom is 0.416 e. The zero-order chi connectivity index (χ0) is 24.6. The molecule has 6 nitrogen and oxygen atoms in total. The number of likely N-dealkylation sites (tertiary alicyclic amines) is 1. The summed E-state index contributed by atoms with van der Waals surface area (Å²) in [5.41, 5.74) is -3.46. The van der Waals surface area contributed by atoms with Crippen molar-refractivity contribution < 1.29 is 45.4 Å². The second-order valence-electron chi connectivity index (χ2n) is 7.35. The standard InChI is InChI=1S/C20H16F7N3O3/c21-13-3-1-10(2-4-13)15-8-30(18(32)33)9-16(15)29-17(31)28-14-6-11(19(22,23)24)5-12(7-14)20(25,26)27/h1-7,15-16H,8-9H2,(H,32,33)(H2,28,29,31). The van der Waals surface area contributed by atoms with Crippen molar-refractivity contribution in [3.8, 4) is 0 Å². The first-order valence-electron chi connectivity index (χ1n) is 9.34. The van der Waals surface area contributed by atoms with Gasteiger partial charge in [0, 0.05) is 24.7 Å². The lowest BCUT2D eigenvalue weighted by atomic mass is 9.94. The van der Waals surface area contributed by atoms with Crippen LogP contribution in [0.2, 0.25) is 0 Å². The van der Waals surface area contributed by atoms with E-state index in [1.54, 1.807) is 0 Å². The van der Waals surface area contributed by atoms with Gasteiger partial charge in [-0.1, -0.05) is 12.1 Å². The number of halogens is 7. The van der Waals surface area contributed by atoms with Gasteiger partial charge in [0.1, 0.15) is 5.82 Å². The molecule has 0 radical (unpaired) electrons. The summed E-state index contributed by atoms with van der Waals surface area (Å²) in [7, 11) is 0. The van der Waals surface area contributed by atoms with Crippen molar-refractivity contribution in [1.29, 1.82) is 0 Å². The van der Waals surface area contributed by atoms with Crippen LogP contribution in [0.3, 0.4) is 0 Å². The van der Waals surface area contributed by atoms with Gasteiger partial charge in [-0.25, -0.2) is 14.0 Å². The summed E-state index contributed by atoms with van der Waals surface area (Å²) in [6, 6.07) is 3.67. The van der Waals surface area contributed by atoms with E-state index in [1.807, 2.05) is 5.32 Å². The van der Waals surface area contributed by atoms with Crippen molar-refractivity contribution >= 4 is 17.8 Å². The second kappa shape index (κ2) is 8.79. The lowest BCUT2D eigenvalue weighted by Gasteiger charge is -2.21. The summed E-state index contributed by atoms with van der Waals surface area (Å²) in [5.74, 6) is -1.17. The van der Waals surface area contributed by atoms with Crippen LogP contribution in [-0.2, 0) is 12.4 Å². The Hall–Kier alpha value is -3.51. The third-order valence-corrected chi connectivity index (χ3v) is 5.05. The predicted octanol–water partition coefficient (Wildman–Crippen LogP) is 5.13. The van der Waals surface area contributed by atoms with Gasteiger partial charge in [-0.3, -0.25) is 0 Å². The van der Waals surface area contributed by atoms with Crippen LogP contribution in [0.4, 0.5) is 46.0 Å². The molecular formula is C20H16F7N3O3. The zero-order valence-electron chi connectivity index (χ0n) is 16.5. The average Bonchev–Trinajstić information content (AvgIpc) is 3.11. The summed E-state index contributed by atoms with van der Waals surface area (Å²) in [4.78, 5) is 24.7. The number of hydrogen-bond acceptors (Lipinski definition) is 2. The molecule has 33 heavy (non-hydrogen) atoms. The van der Waals surface area contributed by atoms with Gasteiger partial charge >= 0.3 is 24.5 Å². The molecular weight excluding hydrogens is 463 g/mol. The normalized spacial score (nSPS) is 18.8. The van der Waals surface area contributed by atoms with Crippen LogP contribution < -0.4 is 10.6 Å². The molecule has 0 aliphatic carbocycles. The Morgan fingerprint density at radius 3 is 1.94 bits per heavy atom. The summed E-state index contributed by atoms with van der Waals surface area (Å²) in [5, 5.41) is 13.6. The molecule has 0 bridgehead atoms. The Balaban J connectivity index is 1.82. The van der Waals surface area contributed by atoms with Crippen LogP contribution in [0.25, 0.3) is 0 Å². The van der Waals surface area contributed by atoms with Crippen molar-refractivity contribution in [2.24, 2.45) is 0 Å². The molecule has 3 rings (SSSR count). The van der Waals surface area contributed by atoms with Crippen molar-refractivity contribution in [3.05, 3.63) is 65.0 Å². The van der Waals surface area contributed by atoms with Crippen LogP contribution >= 0.6 is 0 Å². The predicted molar refractivity (Wildman–Crippen MR) is 101 cm³/mol. The van der Waals surface area contributed by atoms with Crippen LogP contribution in [-0.4, -0.2) is 41.3 Å². The average molecular weight is 479 g/mol. The molecule has 1 saturated heterocycles.